The van der Waals surface area contributed by atoms with Crippen LogP contribution in [-0.2, 0) is 16.1 Å². The van der Waals surface area contributed by atoms with Crippen LogP contribution in [0.25, 0.3) is 10.9 Å². The molecular weight excluding hydrogens is 338 g/mol. The van der Waals surface area contributed by atoms with Gasteiger partial charge in [0.1, 0.15) is 0 Å². The highest BCUT2D eigenvalue weighted by atomic mass is 16.2. The van der Waals surface area contributed by atoms with Crippen molar-refractivity contribution in [3.8, 4) is 0 Å². The number of carbonyl (C=O) groups excluding carboxylic acids is 3. The molecule has 2 aliphatic heterocycles. The predicted octanol–water partition coefficient (Wildman–Crippen LogP) is -0.451. The number of imide groups is 1. The number of rotatable bonds is 4. The highest BCUT2D eigenvalue weighted by molar-refractivity contribution is 6.02. The monoisotopic (exact) mass is 355 g/mol. The van der Waals surface area contributed by atoms with Crippen LogP contribution in [0.2, 0.25) is 0 Å². The fourth-order valence-electron chi connectivity index (χ4n) is 3.27. The van der Waals surface area contributed by atoms with Crippen LogP contribution >= 0.6 is 0 Å². The Kier molecular flexibility index (Phi) is 3.90. The molecule has 0 spiro atoms. The SMILES string of the molecule is O=C(CCn1cnc2ccccc2c1=O)N1CC(N2C(=O)CNC2=O)C1. The van der Waals surface area contributed by atoms with Crippen LogP contribution in [0, 0.1) is 0 Å². The third-order valence-electron chi connectivity index (χ3n) is 4.76. The van der Waals surface area contributed by atoms with Gasteiger partial charge in [-0.05, 0) is 12.1 Å². The second-order valence-corrected chi connectivity index (χ2v) is 6.39. The van der Waals surface area contributed by atoms with E-state index in [-0.39, 0.29) is 42.9 Å². The molecule has 0 saturated carbocycles. The van der Waals surface area contributed by atoms with E-state index in [2.05, 4.69) is 10.3 Å². The van der Waals surface area contributed by atoms with Gasteiger partial charge in [0.2, 0.25) is 11.8 Å². The number of carbonyl (C=O) groups is 3. The molecule has 0 aliphatic carbocycles. The molecular formula is C17H17N5O4. The topological polar surface area (TPSA) is 105 Å². The number of urea groups is 1. The van der Waals surface area contributed by atoms with Gasteiger partial charge in [0, 0.05) is 26.1 Å². The molecule has 9 heteroatoms. The van der Waals surface area contributed by atoms with Crippen LogP contribution in [0.15, 0.2) is 35.4 Å². The molecule has 2 saturated heterocycles. The number of nitrogens with one attached hydrogen (secondary N) is 1. The lowest BCUT2D eigenvalue weighted by Gasteiger charge is -2.42. The number of aromatic nitrogens is 2. The molecule has 4 rings (SSSR count). The number of aryl methyl sites for hydroxylation is 1. The summed E-state index contributed by atoms with van der Waals surface area (Å²) in [5.74, 6) is -0.380. The molecule has 0 unspecified atom stereocenters. The van der Waals surface area contributed by atoms with Gasteiger partial charge in [-0.15, -0.1) is 0 Å². The number of benzene rings is 1. The predicted molar refractivity (Wildman–Crippen MR) is 91.2 cm³/mol. The minimum absolute atomic E-state index is 0.0150. The van der Waals surface area contributed by atoms with Crippen LogP contribution < -0.4 is 10.9 Å². The standard InChI is InChI=1S/C17H17N5O4/c23-14(21-8-11(9-21)22-15(24)7-18-17(22)26)5-6-20-10-19-13-4-2-1-3-12(13)16(20)25/h1-4,10-11H,5-9H2,(H,18,26). The quantitative estimate of drug-likeness (QED) is 0.748. The lowest BCUT2D eigenvalue weighted by Crippen LogP contribution is -2.62. The second-order valence-electron chi connectivity index (χ2n) is 6.39. The van der Waals surface area contributed by atoms with Crippen molar-refractivity contribution in [1.82, 2.24) is 24.7 Å². The van der Waals surface area contributed by atoms with E-state index >= 15 is 0 Å². The van der Waals surface area contributed by atoms with Crippen molar-refractivity contribution >= 4 is 28.7 Å². The summed E-state index contributed by atoms with van der Waals surface area (Å²) in [6.07, 6.45) is 1.61. The maximum Gasteiger partial charge on any atom is 0.324 e. The smallest absolute Gasteiger partial charge is 0.324 e. The molecule has 0 atom stereocenters. The minimum atomic E-state index is -0.402. The van der Waals surface area contributed by atoms with Gasteiger partial charge >= 0.3 is 6.03 Å². The van der Waals surface area contributed by atoms with E-state index in [4.69, 9.17) is 0 Å². The molecule has 9 nitrogen and oxygen atoms in total. The average molecular weight is 355 g/mol. The first kappa shape index (κ1) is 16.2. The molecule has 2 aliphatic rings. The number of amides is 4. The summed E-state index contributed by atoms with van der Waals surface area (Å²) in [6, 6.07) is 6.40. The Morgan fingerprint density at radius 3 is 2.69 bits per heavy atom. The zero-order chi connectivity index (χ0) is 18.3. The zero-order valence-corrected chi connectivity index (χ0v) is 13.9. The Morgan fingerprint density at radius 2 is 1.96 bits per heavy atom. The number of para-hydroxylation sites is 1. The summed E-state index contributed by atoms with van der Waals surface area (Å²) >= 11 is 0. The highest BCUT2D eigenvalue weighted by Gasteiger charge is 2.42. The van der Waals surface area contributed by atoms with Crippen LogP contribution in [0.1, 0.15) is 6.42 Å². The summed E-state index contributed by atoms with van der Waals surface area (Å²) in [6.45, 7) is 0.923. The first-order valence-corrected chi connectivity index (χ1v) is 8.36. The van der Waals surface area contributed by atoms with Gasteiger partial charge in [0.05, 0.1) is 29.8 Å². The van der Waals surface area contributed by atoms with E-state index < -0.39 is 6.03 Å². The number of hydrogen-bond acceptors (Lipinski definition) is 5. The summed E-state index contributed by atoms with van der Waals surface area (Å²) in [7, 11) is 0. The van der Waals surface area contributed by atoms with E-state index in [9.17, 15) is 19.2 Å². The van der Waals surface area contributed by atoms with Gasteiger partial charge < -0.3 is 10.2 Å². The molecule has 1 aromatic heterocycles. The Hall–Kier alpha value is -3.23. The van der Waals surface area contributed by atoms with Gasteiger partial charge in [-0.3, -0.25) is 23.9 Å². The summed E-state index contributed by atoms with van der Waals surface area (Å²) in [4.78, 5) is 54.9. The Bertz CT molecular complexity index is 947. The lowest BCUT2D eigenvalue weighted by molar-refractivity contribution is -0.142. The number of likely N-dealkylation sites (tertiary alicyclic amines) is 1. The first-order chi connectivity index (χ1) is 12.5. The largest absolute Gasteiger partial charge is 0.338 e. The summed E-state index contributed by atoms with van der Waals surface area (Å²) < 4.78 is 1.43. The minimum Gasteiger partial charge on any atom is -0.338 e. The molecule has 4 amide bonds. The fourth-order valence-corrected chi connectivity index (χ4v) is 3.27. The van der Waals surface area contributed by atoms with Crippen LogP contribution in [0.3, 0.4) is 0 Å². The molecule has 0 bridgehead atoms. The Morgan fingerprint density at radius 1 is 1.19 bits per heavy atom. The fraction of sp³-hybridized carbons (Fsp3) is 0.353. The molecule has 0 radical (unpaired) electrons. The van der Waals surface area contributed by atoms with Gasteiger partial charge in [-0.1, -0.05) is 12.1 Å². The molecule has 2 fully saturated rings. The van der Waals surface area contributed by atoms with Crippen LogP contribution in [0.5, 0.6) is 0 Å². The van der Waals surface area contributed by atoms with Crippen LogP contribution in [0.4, 0.5) is 4.79 Å². The zero-order valence-electron chi connectivity index (χ0n) is 13.9. The third-order valence-corrected chi connectivity index (χ3v) is 4.76. The van der Waals surface area contributed by atoms with Crippen molar-refractivity contribution in [3.05, 3.63) is 40.9 Å². The molecule has 134 valence electrons. The van der Waals surface area contributed by atoms with Crippen molar-refractivity contribution in [3.63, 3.8) is 0 Å². The van der Waals surface area contributed by atoms with Crippen molar-refractivity contribution in [1.29, 1.82) is 0 Å². The average Bonchev–Trinajstić information content (AvgIpc) is 2.93. The lowest BCUT2D eigenvalue weighted by atomic mass is 10.1. The van der Waals surface area contributed by atoms with Crippen molar-refractivity contribution < 1.29 is 14.4 Å². The van der Waals surface area contributed by atoms with E-state index in [0.717, 1.165) is 0 Å². The molecule has 2 aromatic rings. The first-order valence-electron chi connectivity index (χ1n) is 8.36. The van der Waals surface area contributed by atoms with E-state index in [1.165, 1.54) is 15.8 Å². The van der Waals surface area contributed by atoms with Gasteiger partial charge in [-0.2, -0.15) is 0 Å². The number of fused-ring (bicyclic) bond motifs is 1. The summed E-state index contributed by atoms with van der Waals surface area (Å²) in [5, 5.41) is 2.99. The van der Waals surface area contributed by atoms with Crippen molar-refractivity contribution in [2.24, 2.45) is 0 Å². The Balaban J connectivity index is 1.35. The van der Waals surface area contributed by atoms with E-state index in [1.54, 1.807) is 23.1 Å². The maximum atomic E-state index is 12.4. The molecule has 26 heavy (non-hydrogen) atoms. The second kappa shape index (κ2) is 6.25. The molecule has 3 heterocycles. The van der Waals surface area contributed by atoms with Crippen molar-refractivity contribution in [2.45, 2.75) is 19.0 Å². The Labute approximate surface area is 148 Å². The van der Waals surface area contributed by atoms with Crippen molar-refractivity contribution in [2.75, 3.05) is 19.6 Å². The number of hydrogen-bond donors (Lipinski definition) is 1. The maximum absolute atomic E-state index is 12.4. The van der Waals surface area contributed by atoms with E-state index in [1.807, 2.05) is 6.07 Å². The third kappa shape index (κ3) is 2.71. The number of nitrogens with zero attached hydrogens (tertiary/aromatic N) is 4. The van der Waals surface area contributed by atoms with Crippen LogP contribution in [-0.4, -0.2) is 62.9 Å². The van der Waals surface area contributed by atoms with Gasteiger partial charge in [0.25, 0.3) is 5.56 Å². The highest BCUT2D eigenvalue weighted by Crippen LogP contribution is 2.18. The van der Waals surface area contributed by atoms with Gasteiger partial charge in [-0.25, -0.2) is 9.78 Å². The summed E-state index contributed by atoms with van der Waals surface area (Å²) in [5.41, 5.74) is 0.448. The van der Waals surface area contributed by atoms with E-state index in [0.29, 0.717) is 24.0 Å². The molecule has 1 N–H and O–H groups in total. The van der Waals surface area contributed by atoms with Gasteiger partial charge in [0.15, 0.2) is 0 Å². The normalized spacial score (nSPS) is 17.5. The molecule has 1 aromatic carbocycles.